The van der Waals surface area contributed by atoms with Crippen molar-refractivity contribution in [3.05, 3.63) is 77.0 Å². The minimum absolute atomic E-state index is 0.116. The average molecular weight is 534 g/mol. The second-order valence-electron chi connectivity index (χ2n) is 8.01. The fraction of sp³-hybridized carbons (Fsp3) is 0.207. The Morgan fingerprint density at radius 2 is 1.54 bits per heavy atom. The van der Waals surface area contributed by atoms with E-state index < -0.39 is 11.9 Å². The van der Waals surface area contributed by atoms with Gasteiger partial charge in [-0.2, -0.15) is 0 Å². The molecule has 0 saturated carbocycles. The zero-order valence-corrected chi connectivity index (χ0v) is 22.1. The average Bonchev–Trinajstić information content (AvgIpc) is 3.33. The van der Waals surface area contributed by atoms with Gasteiger partial charge in [-0.3, -0.25) is 0 Å². The number of hydrogen-bond donors (Lipinski definition) is 0. The van der Waals surface area contributed by atoms with Gasteiger partial charge in [0.2, 0.25) is 11.6 Å². The molecule has 0 aliphatic carbocycles. The number of carbonyl (C=O) groups is 2. The third kappa shape index (κ3) is 5.96. The van der Waals surface area contributed by atoms with E-state index in [9.17, 15) is 9.59 Å². The Morgan fingerprint density at radius 1 is 0.846 bits per heavy atom. The topological polar surface area (TPSA) is 111 Å². The van der Waals surface area contributed by atoms with Gasteiger partial charge >= 0.3 is 11.9 Å². The van der Waals surface area contributed by atoms with Crippen molar-refractivity contribution in [3.8, 4) is 34.5 Å². The summed E-state index contributed by atoms with van der Waals surface area (Å²) < 4.78 is 37.8. The summed E-state index contributed by atoms with van der Waals surface area (Å²) in [6, 6.07) is 14.9. The zero-order chi connectivity index (χ0) is 27.9. The van der Waals surface area contributed by atoms with Gasteiger partial charge in [-0.1, -0.05) is 6.07 Å². The van der Waals surface area contributed by atoms with Gasteiger partial charge in [0, 0.05) is 5.56 Å². The predicted octanol–water partition coefficient (Wildman–Crippen LogP) is 4.68. The highest BCUT2D eigenvalue weighted by Gasteiger charge is 2.25. The number of methoxy groups -OCH3 is 4. The van der Waals surface area contributed by atoms with Crippen molar-refractivity contribution in [3.63, 3.8) is 0 Å². The number of rotatable bonds is 10. The van der Waals surface area contributed by atoms with Gasteiger partial charge in [-0.05, 0) is 67.1 Å². The summed E-state index contributed by atoms with van der Waals surface area (Å²) >= 11 is 0. The highest BCUT2D eigenvalue weighted by molar-refractivity contribution is 6.12. The van der Waals surface area contributed by atoms with Gasteiger partial charge < -0.3 is 33.2 Å². The molecule has 3 aromatic rings. The predicted molar refractivity (Wildman–Crippen MR) is 142 cm³/mol. The van der Waals surface area contributed by atoms with Crippen LogP contribution in [-0.4, -0.2) is 52.9 Å². The van der Waals surface area contributed by atoms with Crippen LogP contribution in [0.3, 0.4) is 0 Å². The number of carbonyl (C=O) groups excluding carboxylic acids is 2. The minimum Gasteiger partial charge on any atom is -0.497 e. The number of aliphatic imine (C=N–C) groups is 1. The molecule has 1 heterocycles. The van der Waals surface area contributed by atoms with Crippen LogP contribution in [0.2, 0.25) is 0 Å². The van der Waals surface area contributed by atoms with Crippen molar-refractivity contribution in [1.82, 2.24) is 0 Å². The third-order valence-electron chi connectivity index (χ3n) is 5.63. The summed E-state index contributed by atoms with van der Waals surface area (Å²) in [7, 11) is 5.95. The van der Waals surface area contributed by atoms with Crippen LogP contribution >= 0.6 is 0 Å². The standard InChI is InChI=1S/C29H27NO9/c1-6-37-23-14-17(13-21-29(32)39-27(30-21)18-8-10-20(33-2)11-9-18)7-12-22(23)38-28(31)19-15-24(34-3)26(36-5)25(16-19)35-4/h7-16H,6H2,1-5H3/b21-13+. The quantitative estimate of drug-likeness (QED) is 0.208. The largest absolute Gasteiger partial charge is 0.497 e. The van der Waals surface area contributed by atoms with Gasteiger partial charge in [0.05, 0.1) is 40.6 Å². The summed E-state index contributed by atoms with van der Waals surface area (Å²) in [6.07, 6.45) is 1.56. The van der Waals surface area contributed by atoms with Crippen molar-refractivity contribution in [2.75, 3.05) is 35.0 Å². The zero-order valence-electron chi connectivity index (χ0n) is 22.1. The van der Waals surface area contributed by atoms with E-state index in [-0.39, 0.29) is 22.9 Å². The molecule has 0 atom stereocenters. The molecule has 10 nitrogen and oxygen atoms in total. The minimum atomic E-state index is -0.658. The Bertz CT molecular complexity index is 1420. The molecule has 4 rings (SSSR count). The fourth-order valence-electron chi connectivity index (χ4n) is 3.75. The summed E-state index contributed by atoms with van der Waals surface area (Å²) in [5.41, 5.74) is 1.53. The molecule has 39 heavy (non-hydrogen) atoms. The maximum atomic E-state index is 13.0. The van der Waals surface area contributed by atoms with Crippen LogP contribution in [0.15, 0.2) is 65.3 Å². The lowest BCUT2D eigenvalue weighted by Gasteiger charge is -2.15. The number of cyclic esters (lactones) is 1. The summed E-state index contributed by atoms with van der Waals surface area (Å²) in [5, 5.41) is 0. The van der Waals surface area contributed by atoms with Crippen LogP contribution in [0.25, 0.3) is 6.08 Å². The van der Waals surface area contributed by atoms with Crippen molar-refractivity contribution in [2.24, 2.45) is 4.99 Å². The molecule has 0 fully saturated rings. The normalized spacial score (nSPS) is 13.4. The molecule has 0 amide bonds. The first kappa shape index (κ1) is 27.1. The molecule has 3 aromatic carbocycles. The van der Waals surface area contributed by atoms with Crippen LogP contribution in [0.1, 0.15) is 28.4 Å². The highest BCUT2D eigenvalue weighted by Crippen LogP contribution is 2.39. The van der Waals surface area contributed by atoms with E-state index >= 15 is 0 Å². The van der Waals surface area contributed by atoms with Gasteiger partial charge in [0.15, 0.2) is 28.7 Å². The monoisotopic (exact) mass is 533 g/mol. The van der Waals surface area contributed by atoms with Crippen molar-refractivity contribution >= 4 is 23.9 Å². The second-order valence-corrected chi connectivity index (χ2v) is 8.01. The van der Waals surface area contributed by atoms with Crippen LogP contribution < -0.4 is 28.4 Å². The summed E-state index contributed by atoms with van der Waals surface area (Å²) in [5.74, 6) is 1.09. The Hall–Kier alpha value is -4.99. The number of nitrogens with zero attached hydrogens (tertiary/aromatic N) is 1. The molecule has 0 aromatic heterocycles. The van der Waals surface area contributed by atoms with E-state index in [1.807, 2.05) is 0 Å². The molecule has 0 radical (unpaired) electrons. The lowest BCUT2D eigenvalue weighted by molar-refractivity contribution is -0.129. The Labute approximate surface area is 225 Å². The van der Waals surface area contributed by atoms with Crippen LogP contribution in [-0.2, 0) is 9.53 Å². The number of ether oxygens (including phenoxy) is 7. The van der Waals surface area contributed by atoms with E-state index in [2.05, 4.69) is 4.99 Å². The molecule has 10 heteroatoms. The van der Waals surface area contributed by atoms with Gasteiger partial charge in [0.1, 0.15) is 5.75 Å². The molecule has 0 unspecified atom stereocenters. The van der Waals surface area contributed by atoms with Crippen LogP contribution in [0, 0.1) is 0 Å². The molecule has 0 bridgehead atoms. The van der Waals surface area contributed by atoms with Gasteiger partial charge in [-0.25, -0.2) is 14.6 Å². The molecule has 0 N–H and O–H groups in total. The third-order valence-corrected chi connectivity index (χ3v) is 5.63. The maximum Gasteiger partial charge on any atom is 0.363 e. The van der Waals surface area contributed by atoms with Crippen molar-refractivity contribution < 1.29 is 42.7 Å². The smallest absolute Gasteiger partial charge is 0.363 e. The van der Waals surface area contributed by atoms with E-state index in [0.29, 0.717) is 46.5 Å². The maximum absolute atomic E-state index is 13.0. The summed E-state index contributed by atoms with van der Waals surface area (Å²) in [6.45, 7) is 2.12. The van der Waals surface area contributed by atoms with E-state index in [4.69, 9.17) is 33.2 Å². The lowest BCUT2D eigenvalue weighted by Crippen LogP contribution is -2.11. The number of benzene rings is 3. The molecule has 0 spiro atoms. The molecule has 202 valence electrons. The Kier molecular flexibility index (Phi) is 8.35. The first-order valence-electron chi connectivity index (χ1n) is 11.9. The molecular weight excluding hydrogens is 506 g/mol. The van der Waals surface area contributed by atoms with Gasteiger partial charge in [-0.15, -0.1) is 0 Å². The molecule has 0 saturated heterocycles. The van der Waals surface area contributed by atoms with E-state index in [1.54, 1.807) is 62.6 Å². The molecule has 1 aliphatic heterocycles. The van der Waals surface area contributed by atoms with Gasteiger partial charge in [0.25, 0.3) is 0 Å². The van der Waals surface area contributed by atoms with Crippen LogP contribution in [0.4, 0.5) is 0 Å². The molecule has 1 aliphatic rings. The Balaban J connectivity index is 1.59. The second kappa shape index (κ2) is 12.0. The number of esters is 2. The number of hydrogen-bond acceptors (Lipinski definition) is 10. The summed E-state index contributed by atoms with van der Waals surface area (Å²) in [4.78, 5) is 29.8. The van der Waals surface area contributed by atoms with Crippen LogP contribution in [0.5, 0.6) is 34.5 Å². The van der Waals surface area contributed by atoms with E-state index in [0.717, 1.165) is 0 Å². The lowest BCUT2D eigenvalue weighted by atomic mass is 10.1. The Morgan fingerprint density at radius 3 is 2.13 bits per heavy atom. The fourth-order valence-corrected chi connectivity index (χ4v) is 3.75. The highest BCUT2D eigenvalue weighted by atomic mass is 16.6. The first-order valence-corrected chi connectivity index (χ1v) is 11.9. The van der Waals surface area contributed by atoms with E-state index in [1.165, 1.54) is 33.5 Å². The first-order chi connectivity index (χ1) is 18.9. The SMILES string of the molecule is CCOc1cc(/C=C2/N=C(c3ccc(OC)cc3)OC2=O)ccc1OC(=O)c1cc(OC)c(OC)c(OC)c1. The molecular formula is C29H27NO9. The van der Waals surface area contributed by atoms with Crippen molar-refractivity contribution in [2.45, 2.75) is 6.92 Å². The van der Waals surface area contributed by atoms with Crippen molar-refractivity contribution in [1.29, 1.82) is 0 Å².